The predicted octanol–water partition coefficient (Wildman–Crippen LogP) is 3.67. The molecule has 0 bridgehead atoms. The first-order valence-corrected chi connectivity index (χ1v) is 6.95. The molecule has 0 atom stereocenters. The quantitative estimate of drug-likeness (QED) is 0.925. The Morgan fingerprint density at radius 3 is 2.50 bits per heavy atom. The Morgan fingerprint density at radius 2 is 1.95 bits per heavy atom. The van der Waals surface area contributed by atoms with E-state index in [4.69, 9.17) is 9.84 Å². The lowest BCUT2D eigenvalue weighted by molar-refractivity contribution is -0.138. The van der Waals surface area contributed by atoms with Crippen LogP contribution in [0, 0.1) is 0 Å². The van der Waals surface area contributed by atoms with E-state index in [9.17, 15) is 18.0 Å². The van der Waals surface area contributed by atoms with Crippen LogP contribution in [-0.2, 0) is 10.9 Å². The van der Waals surface area contributed by atoms with Crippen LogP contribution in [0.1, 0.15) is 28.8 Å². The molecule has 0 radical (unpaired) electrons. The Balaban J connectivity index is 2.23. The number of halogens is 3. The van der Waals surface area contributed by atoms with Gasteiger partial charge >= 0.3 is 12.1 Å². The van der Waals surface area contributed by atoms with Crippen molar-refractivity contribution in [3.8, 4) is 0 Å². The molecule has 0 unspecified atom stereocenters. The van der Waals surface area contributed by atoms with Gasteiger partial charge in [-0.2, -0.15) is 13.2 Å². The van der Waals surface area contributed by atoms with Crippen molar-refractivity contribution in [2.75, 3.05) is 13.2 Å². The van der Waals surface area contributed by atoms with E-state index < -0.39 is 23.3 Å². The molecule has 7 heteroatoms. The van der Waals surface area contributed by atoms with Gasteiger partial charge in [-0.05, 0) is 31.0 Å². The van der Waals surface area contributed by atoms with Crippen molar-refractivity contribution in [3.05, 3.63) is 29.3 Å². The van der Waals surface area contributed by atoms with Gasteiger partial charge in [0.05, 0.1) is 11.1 Å². The molecule has 1 fully saturated rings. The zero-order valence-electron chi connectivity index (χ0n) is 10.4. The van der Waals surface area contributed by atoms with Gasteiger partial charge in [0.15, 0.2) is 0 Å². The highest BCUT2D eigenvalue weighted by Gasteiger charge is 2.35. The summed E-state index contributed by atoms with van der Waals surface area (Å²) in [5, 5.41) is 9.18. The second-order valence-corrected chi connectivity index (χ2v) is 5.81. The Hall–Kier alpha value is -1.21. The Morgan fingerprint density at radius 1 is 1.30 bits per heavy atom. The van der Waals surface area contributed by atoms with Gasteiger partial charge < -0.3 is 9.84 Å². The van der Waals surface area contributed by atoms with Crippen LogP contribution in [0.15, 0.2) is 23.1 Å². The van der Waals surface area contributed by atoms with Gasteiger partial charge in [0.25, 0.3) is 0 Å². The summed E-state index contributed by atoms with van der Waals surface area (Å²) in [5.41, 5.74) is -1.81. The highest BCUT2D eigenvalue weighted by Crippen LogP contribution is 2.36. The maximum Gasteiger partial charge on any atom is 0.417 e. The molecule has 110 valence electrons. The molecule has 1 saturated heterocycles. The highest BCUT2D eigenvalue weighted by atomic mass is 32.2. The molecule has 0 spiro atoms. The molecule has 0 aromatic heterocycles. The minimum Gasteiger partial charge on any atom is -0.478 e. The van der Waals surface area contributed by atoms with Crippen molar-refractivity contribution in [2.24, 2.45) is 0 Å². The summed E-state index contributed by atoms with van der Waals surface area (Å²) in [5.74, 6) is -1.56. The zero-order chi connectivity index (χ0) is 14.8. The van der Waals surface area contributed by atoms with E-state index in [1.54, 1.807) is 0 Å². The summed E-state index contributed by atoms with van der Waals surface area (Å²) < 4.78 is 43.3. The number of carboxylic acid groups (broad SMARTS) is 1. The number of carboxylic acids is 1. The van der Waals surface area contributed by atoms with Gasteiger partial charge in [-0.15, -0.1) is 11.8 Å². The van der Waals surface area contributed by atoms with Crippen molar-refractivity contribution in [3.63, 3.8) is 0 Å². The van der Waals surface area contributed by atoms with Gasteiger partial charge in [0.2, 0.25) is 0 Å². The van der Waals surface area contributed by atoms with Gasteiger partial charge in [-0.3, -0.25) is 0 Å². The number of hydrogen-bond donors (Lipinski definition) is 1. The van der Waals surface area contributed by atoms with E-state index in [0.29, 0.717) is 18.1 Å². The third-order valence-electron chi connectivity index (χ3n) is 3.00. The first kappa shape index (κ1) is 15.2. The number of carbonyl (C=O) groups is 1. The Labute approximate surface area is 118 Å². The summed E-state index contributed by atoms with van der Waals surface area (Å²) >= 11 is 1.40. The summed E-state index contributed by atoms with van der Waals surface area (Å²) in [7, 11) is 0. The first-order valence-electron chi connectivity index (χ1n) is 6.07. The third-order valence-corrected chi connectivity index (χ3v) is 4.33. The van der Waals surface area contributed by atoms with E-state index in [2.05, 4.69) is 0 Å². The van der Waals surface area contributed by atoms with Gasteiger partial charge in [-0.1, -0.05) is 0 Å². The molecule has 20 heavy (non-hydrogen) atoms. The lowest BCUT2D eigenvalue weighted by Crippen LogP contribution is -2.17. The fourth-order valence-electron chi connectivity index (χ4n) is 2.01. The second kappa shape index (κ2) is 6.05. The van der Waals surface area contributed by atoms with Crippen LogP contribution in [0.3, 0.4) is 0 Å². The molecule has 0 saturated carbocycles. The summed E-state index contributed by atoms with van der Waals surface area (Å²) in [6, 6.07) is 3.27. The van der Waals surface area contributed by atoms with E-state index in [1.165, 1.54) is 17.8 Å². The Bertz CT molecular complexity index is 496. The molecule has 3 nitrogen and oxygen atoms in total. The smallest absolute Gasteiger partial charge is 0.417 e. The number of hydrogen-bond acceptors (Lipinski definition) is 3. The average Bonchev–Trinajstić information content (AvgIpc) is 2.38. The second-order valence-electron chi connectivity index (χ2n) is 4.44. The zero-order valence-corrected chi connectivity index (χ0v) is 11.3. The number of ether oxygens (including phenoxy) is 1. The van der Waals surface area contributed by atoms with Crippen LogP contribution in [-0.4, -0.2) is 29.5 Å². The molecule has 1 heterocycles. The van der Waals surface area contributed by atoms with Crippen molar-refractivity contribution < 1.29 is 27.8 Å². The van der Waals surface area contributed by atoms with E-state index in [0.717, 1.165) is 25.0 Å². The van der Waals surface area contributed by atoms with Crippen molar-refractivity contribution in [1.29, 1.82) is 0 Å². The molecule has 1 aromatic carbocycles. The maximum atomic E-state index is 12.7. The van der Waals surface area contributed by atoms with Crippen LogP contribution in [0.2, 0.25) is 0 Å². The molecule has 0 amide bonds. The monoisotopic (exact) mass is 306 g/mol. The molecule has 0 aliphatic carbocycles. The molecule has 1 N–H and O–H groups in total. The first-order chi connectivity index (χ1) is 9.38. The topological polar surface area (TPSA) is 46.5 Å². The van der Waals surface area contributed by atoms with Gasteiger partial charge in [0.1, 0.15) is 0 Å². The van der Waals surface area contributed by atoms with Crippen LogP contribution in [0.4, 0.5) is 13.2 Å². The minimum atomic E-state index is -4.66. The fraction of sp³-hybridized carbons (Fsp3) is 0.462. The summed E-state index contributed by atoms with van der Waals surface area (Å²) in [6.45, 7) is 1.26. The average molecular weight is 306 g/mol. The van der Waals surface area contributed by atoms with Gasteiger partial charge in [0, 0.05) is 23.4 Å². The number of thioether (sulfide) groups is 1. The molecular formula is C13H13F3O3S. The van der Waals surface area contributed by atoms with Crippen molar-refractivity contribution in [2.45, 2.75) is 29.2 Å². The van der Waals surface area contributed by atoms with Gasteiger partial charge in [-0.25, -0.2) is 4.79 Å². The molecular weight excluding hydrogens is 293 g/mol. The summed E-state index contributed by atoms with van der Waals surface area (Å²) in [6.07, 6.45) is -3.03. The molecule has 1 aromatic rings. The van der Waals surface area contributed by atoms with Crippen LogP contribution >= 0.6 is 11.8 Å². The number of rotatable bonds is 3. The predicted molar refractivity (Wildman–Crippen MR) is 68.1 cm³/mol. The largest absolute Gasteiger partial charge is 0.478 e. The van der Waals surface area contributed by atoms with Crippen LogP contribution in [0.25, 0.3) is 0 Å². The fourth-order valence-corrected chi connectivity index (χ4v) is 3.15. The maximum absolute atomic E-state index is 12.7. The molecule has 2 rings (SSSR count). The highest BCUT2D eigenvalue weighted by molar-refractivity contribution is 8.00. The molecule has 1 aliphatic heterocycles. The van der Waals surface area contributed by atoms with E-state index in [-0.39, 0.29) is 5.25 Å². The van der Waals surface area contributed by atoms with Crippen molar-refractivity contribution >= 4 is 17.7 Å². The lowest BCUT2D eigenvalue weighted by Gasteiger charge is -2.21. The van der Waals surface area contributed by atoms with E-state index in [1.807, 2.05) is 0 Å². The third kappa shape index (κ3) is 3.67. The Kier molecular flexibility index (Phi) is 4.59. The van der Waals surface area contributed by atoms with Crippen molar-refractivity contribution in [1.82, 2.24) is 0 Å². The number of aromatic carboxylic acids is 1. The minimum absolute atomic E-state index is 0.252. The lowest BCUT2D eigenvalue weighted by atomic mass is 10.1. The van der Waals surface area contributed by atoms with E-state index >= 15 is 0 Å². The van der Waals surface area contributed by atoms with Crippen LogP contribution < -0.4 is 0 Å². The molecule has 1 aliphatic rings. The standard InChI is InChI=1S/C13H13F3O3S/c14-13(15,16)11-2-1-9(7-10(11)12(17)18)20-8-3-5-19-6-4-8/h1-2,7-8H,3-6H2,(H,17,18). The summed E-state index contributed by atoms with van der Waals surface area (Å²) in [4.78, 5) is 11.5. The SMILES string of the molecule is O=C(O)c1cc(SC2CCOCC2)ccc1C(F)(F)F. The number of alkyl halides is 3. The van der Waals surface area contributed by atoms with Crippen LogP contribution in [0.5, 0.6) is 0 Å². The normalized spacial score (nSPS) is 17.1. The number of benzene rings is 1.